The molecule has 2 aliphatic heterocycles. The van der Waals surface area contributed by atoms with Crippen LogP contribution in [-0.4, -0.2) is 70.8 Å². The smallest absolute Gasteiger partial charge is 0.245 e. The number of aromatic nitrogens is 7. The molecule has 10 nitrogen and oxygen atoms in total. The van der Waals surface area contributed by atoms with Crippen molar-refractivity contribution in [1.82, 2.24) is 40.7 Å². The molecule has 0 unspecified atom stereocenters. The first-order chi connectivity index (χ1) is 19.2. The summed E-state index contributed by atoms with van der Waals surface area (Å²) in [4.78, 5) is 5.75. The third-order valence-corrected chi connectivity index (χ3v) is 6.32. The molecular weight excluding hydrogens is 425 g/mol. The number of anilines is 1. The first kappa shape index (κ1) is 13.5. The number of hydrogen-bond acceptors (Lipinski definition) is 9. The average molecular weight is 460 g/mol. The van der Waals surface area contributed by atoms with Crippen LogP contribution in [0.4, 0.5) is 10.3 Å². The van der Waals surface area contributed by atoms with E-state index in [4.69, 9.17) is 11.0 Å². The Labute approximate surface area is 201 Å². The topological polar surface area (TPSA) is 118 Å². The number of phenolic OH excluding ortho intramolecular Hbond substituents is 1. The van der Waals surface area contributed by atoms with Crippen molar-refractivity contribution in [3.63, 3.8) is 0 Å². The highest BCUT2D eigenvalue weighted by Gasteiger charge is 2.47. The molecule has 1 saturated carbocycles. The zero-order chi connectivity index (χ0) is 29.5. The predicted molar refractivity (Wildman–Crippen MR) is 118 cm³/mol. The van der Waals surface area contributed by atoms with Crippen molar-refractivity contribution in [2.75, 3.05) is 4.90 Å². The summed E-state index contributed by atoms with van der Waals surface area (Å²) < 4.78 is 79.6. The minimum Gasteiger partial charge on any atom is -0.507 e. The molecule has 0 spiro atoms. The maximum absolute atomic E-state index is 15.8. The second kappa shape index (κ2) is 7.98. The summed E-state index contributed by atoms with van der Waals surface area (Å²) in [7, 11) is 0. The molecule has 1 aliphatic carbocycles. The molecule has 4 heterocycles. The fraction of sp³-hybridized carbons (Fsp3) is 0.545. The fourth-order valence-corrected chi connectivity index (χ4v) is 4.71. The van der Waals surface area contributed by atoms with Crippen LogP contribution < -0.4 is 10.2 Å². The van der Waals surface area contributed by atoms with Crippen LogP contribution in [0.25, 0.3) is 22.6 Å². The van der Waals surface area contributed by atoms with E-state index in [-0.39, 0.29) is 46.8 Å². The average Bonchev–Trinajstić information content (AvgIpc) is 3.29. The Morgan fingerprint density at radius 1 is 1.30 bits per heavy atom. The lowest BCUT2D eigenvalue weighted by molar-refractivity contribution is 0.103. The third kappa shape index (κ3) is 3.79. The van der Waals surface area contributed by atoms with Gasteiger partial charge in [-0.25, -0.2) is 9.37 Å². The van der Waals surface area contributed by atoms with Gasteiger partial charge in [0.25, 0.3) is 0 Å². The van der Waals surface area contributed by atoms with E-state index < -0.39 is 44.0 Å². The number of alkyl halides is 1. The van der Waals surface area contributed by atoms with Crippen molar-refractivity contribution in [3.05, 3.63) is 24.4 Å². The SMILES string of the molecule is [2H]C([2H])([2H])n1nnc(-c2ccc(-c3cnc(N([C@H]4C[C@@H]5CCC[C@H](N5)[C@H]4F)C4([2H])C([2H])([2H])C4([2H])[2H])nn3)c(O)c2)n1. The number of halogens is 1. The minimum absolute atomic E-state index is 0.0283. The van der Waals surface area contributed by atoms with Crippen LogP contribution in [0.3, 0.4) is 0 Å². The number of piperidine rings is 2. The fourth-order valence-electron chi connectivity index (χ4n) is 4.71. The summed E-state index contributed by atoms with van der Waals surface area (Å²) in [5, 5.41) is 33.1. The first-order valence-corrected chi connectivity index (χ1v) is 10.7. The summed E-state index contributed by atoms with van der Waals surface area (Å²) >= 11 is 0. The van der Waals surface area contributed by atoms with Gasteiger partial charge in [-0.1, -0.05) is 12.5 Å². The maximum atomic E-state index is 15.8. The van der Waals surface area contributed by atoms with Crippen LogP contribution in [0.5, 0.6) is 5.75 Å². The van der Waals surface area contributed by atoms with Crippen molar-refractivity contribution in [3.8, 4) is 28.4 Å². The Morgan fingerprint density at radius 3 is 2.94 bits per heavy atom. The second-order valence-corrected chi connectivity index (χ2v) is 8.39. The molecule has 2 bridgehead atoms. The molecule has 172 valence electrons. The van der Waals surface area contributed by atoms with Gasteiger partial charge >= 0.3 is 0 Å². The highest BCUT2D eigenvalue weighted by atomic mass is 19.1. The van der Waals surface area contributed by atoms with Crippen LogP contribution in [-0.2, 0) is 6.98 Å². The van der Waals surface area contributed by atoms with Crippen molar-refractivity contribution in [2.45, 2.75) is 68.7 Å². The molecule has 6 rings (SSSR count). The van der Waals surface area contributed by atoms with Crippen molar-refractivity contribution in [2.24, 2.45) is 6.98 Å². The van der Waals surface area contributed by atoms with Gasteiger partial charge < -0.3 is 15.3 Å². The normalized spacial score (nSPS) is 34.8. The molecule has 1 aromatic carbocycles. The van der Waals surface area contributed by atoms with E-state index in [1.165, 1.54) is 24.4 Å². The van der Waals surface area contributed by atoms with Gasteiger partial charge in [0.05, 0.1) is 20.6 Å². The van der Waals surface area contributed by atoms with E-state index in [9.17, 15) is 5.11 Å². The summed E-state index contributed by atoms with van der Waals surface area (Å²) in [6.07, 6.45) is -3.12. The lowest BCUT2D eigenvalue weighted by atomic mass is 9.82. The molecule has 0 radical (unpaired) electrons. The van der Waals surface area contributed by atoms with Gasteiger partial charge in [-0.3, -0.25) is 0 Å². The Morgan fingerprint density at radius 2 is 2.21 bits per heavy atom. The van der Waals surface area contributed by atoms with E-state index >= 15 is 4.39 Å². The van der Waals surface area contributed by atoms with Crippen molar-refractivity contribution >= 4 is 5.95 Å². The summed E-state index contributed by atoms with van der Waals surface area (Å²) in [5.74, 6) is -0.599. The van der Waals surface area contributed by atoms with E-state index in [1.807, 2.05) is 0 Å². The number of fused-ring (bicyclic) bond motifs is 2. The predicted octanol–water partition coefficient (Wildman–Crippen LogP) is 2.02. The van der Waals surface area contributed by atoms with Crippen LogP contribution in [0.15, 0.2) is 24.4 Å². The van der Waals surface area contributed by atoms with Gasteiger partial charge in [0.1, 0.15) is 17.6 Å². The number of aryl methyl sites for hydroxylation is 1. The highest BCUT2D eigenvalue weighted by Crippen LogP contribution is 2.39. The number of nitrogens with zero attached hydrogens (tertiary/aromatic N) is 8. The number of benzene rings is 1. The number of phenols is 1. The van der Waals surface area contributed by atoms with Gasteiger partial charge in [0, 0.05) is 38.8 Å². The summed E-state index contributed by atoms with van der Waals surface area (Å²) in [6.45, 7) is -2.61. The van der Waals surface area contributed by atoms with Crippen LogP contribution in [0, 0.1) is 0 Å². The number of nitrogens with one attached hydrogen (secondary N) is 1. The Bertz CT molecular complexity index is 1460. The number of hydrogen-bond donors (Lipinski definition) is 2. The Balaban J connectivity index is 1.32. The minimum atomic E-state index is -2.62. The van der Waals surface area contributed by atoms with Gasteiger partial charge in [-0.2, -0.15) is 4.80 Å². The largest absolute Gasteiger partial charge is 0.507 e. The van der Waals surface area contributed by atoms with E-state index in [0.29, 0.717) is 11.2 Å². The van der Waals surface area contributed by atoms with Crippen LogP contribution in [0.1, 0.15) is 49.4 Å². The first-order valence-electron chi connectivity index (χ1n) is 14.7. The molecule has 33 heavy (non-hydrogen) atoms. The Kier molecular flexibility index (Phi) is 3.26. The van der Waals surface area contributed by atoms with Crippen molar-refractivity contribution in [1.29, 1.82) is 0 Å². The molecule has 3 aromatic rings. The third-order valence-electron chi connectivity index (χ3n) is 6.32. The van der Waals surface area contributed by atoms with E-state index in [2.05, 4.69) is 35.9 Å². The van der Waals surface area contributed by atoms with Gasteiger partial charge in [0.2, 0.25) is 11.8 Å². The number of rotatable bonds is 5. The molecular formula is C22H26FN9O. The molecule has 4 atom stereocenters. The Hall–Kier alpha value is -3.21. The molecule has 2 N–H and O–H groups in total. The van der Waals surface area contributed by atoms with Crippen LogP contribution in [0.2, 0.25) is 0 Å². The highest BCUT2D eigenvalue weighted by molar-refractivity contribution is 5.71. The lowest BCUT2D eigenvalue weighted by Crippen LogP contribution is -2.62. The monoisotopic (exact) mass is 459 g/mol. The zero-order valence-electron chi connectivity index (χ0n) is 25.4. The van der Waals surface area contributed by atoms with Gasteiger partial charge in [-0.15, -0.1) is 20.4 Å². The molecule has 11 heteroatoms. The summed E-state index contributed by atoms with van der Waals surface area (Å²) in [5.41, 5.74) is 0.564. The van der Waals surface area contributed by atoms with Crippen LogP contribution >= 0.6 is 0 Å². The number of aromatic hydroxyl groups is 1. The lowest BCUT2D eigenvalue weighted by Gasteiger charge is -2.46. The van der Waals surface area contributed by atoms with Gasteiger partial charge in [0.15, 0.2) is 0 Å². The van der Waals surface area contributed by atoms with Gasteiger partial charge in [-0.05, 0) is 49.4 Å². The zero-order valence-corrected chi connectivity index (χ0v) is 17.4. The van der Waals surface area contributed by atoms with Crippen molar-refractivity contribution < 1.29 is 20.5 Å². The second-order valence-electron chi connectivity index (χ2n) is 8.39. The standard InChI is InChI=1S/C22H26FN9O/c1-31-29-21(27-30-31)12-5-8-15(19(33)9-12)17-11-24-22(28-26-17)32(14-6-7-14)18-10-13-3-2-4-16(25-13)20(18)23/h5,8-9,11,13-14,16,18,20,25,33H,2-4,6-7,10H2,1H3/t13-,16-,18-,20+/m0/s1/i1D3,6D2,7D2,14D. The molecule has 0 amide bonds. The molecule has 3 fully saturated rings. The quantitative estimate of drug-likeness (QED) is 0.591. The molecule has 3 aliphatic rings. The number of tetrazole rings is 1. The molecule has 2 saturated heterocycles. The maximum Gasteiger partial charge on any atom is 0.245 e. The summed E-state index contributed by atoms with van der Waals surface area (Å²) in [6, 6.07) is 0.148. The van der Waals surface area contributed by atoms with E-state index in [0.717, 1.165) is 17.7 Å². The molecule has 2 aromatic heterocycles. The van der Waals surface area contributed by atoms with E-state index in [1.54, 1.807) is 0 Å².